The Hall–Kier alpha value is 2.97. The van der Waals surface area contributed by atoms with E-state index in [1.54, 1.807) is 0 Å². The smallest absolute Gasteiger partial charge is 0.457 e. The van der Waals surface area contributed by atoms with E-state index in [1.807, 2.05) is 0 Å². The van der Waals surface area contributed by atoms with Gasteiger partial charge in [0.2, 0.25) is 0 Å². The van der Waals surface area contributed by atoms with Crippen molar-refractivity contribution >= 4 is 63.3 Å². The van der Waals surface area contributed by atoms with E-state index in [1.165, 1.54) is 130 Å². The molecule has 0 saturated carbocycles. The van der Waals surface area contributed by atoms with Gasteiger partial charge in [0.25, 0.3) is 0 Å². The van der Waals surface area contributed by atoms with Gasteiger partial charge in [0.1, 0.15) is 77.7 Å². The minimum atomic E-state index is 0. The van der Waals surface area contributed by atoms with Crippen molar-refractivity contribution in [2.24, 2.45) is 0 Å². The van der Waals surface area contributed by atoms with Gasteiger partial charge in [0.15, 0.2) is 18.9 Å². The van der Waals surface area contributed by atoms with Crippen LogP contribution < -0.4 is 0 Å². The van der Waals surface area contributed by atoms with E-state index in [9.17, 15) is 0 Å². The van der Waals surface area contributed by atoms with Crippen molar-refractivity contribution in [2.45, 2.75) is 0 Å². The summed E-state index contributed by atoms with van der Waals surface area (Å²) in [6.45, 7) is 11.7. The summed E-state index contributed by atoms with van der Waals surface area (Å²) in [6.07, 6.45) is 13.4. The molecule has 12 saturated heterocycles. The summed E-state index contributed by atoms with van der Waals surface area (Å²) in [6, 6.07) is 0. The van der Waals surface area contributed by atoms with Crippen LogP contribution in [0.2, 0.25) is 0 Å². The zero-order valence-electron chi connectivity index (χ0n) is 22.9. The Morgan fingerprint density at radius 1 is 0.486 bits per heavy atom. The first-order valence-corrected chi connectivity index (χ1v) is 30.0. The van der Waals surface area contributed by atoms with Crippen LogP contribution in [0.1, 0.15) is 0 Å². The molecule has 12 heterocycles. The second-order valence-corrected chi connectivity index (χ2v) is 34.6. The summed E-state index contributed by atoms with van der Waals surface area (Å²) in [5.74, 6) is 0. The molecule has 12 bridgehead atoms. The summed E-state index contributed by atoms with van der Waals surface area (Å²) >= 11 is 4.73. The molecule has 16 heteroatoms. The molecule has 10 nitrogen and oxygen atoms in total. The van der Waals surface area contributed by atoms with Crippen LogP contribution in [0.5, 0.6) is 0 Å². The number of halogens is 2. The van der Waals surface area contributed by atoms with Gasteiger partial charge in [-0.15, -0.1) is 0 Å². The van der Waals surface area contributed by atoms with E-state index in [2.05, 4.69) is 90.0 Å². The fourth-order valence-corrected chi connectivity index (χ4v) is 18.7. The summed E-state index contributed by atoms with van der Waals surface area (Å²) < 4.78 is 3.98. The molecule has 12 rings (SSSR count). The Kier molecular flexibility index (Phi) is 10.6. The maximum Gasteiger partial charge on any atom is -0.457 e. The van der Waals surface area contributed by atoms with Crippen LogP contribution >= 0.6 is 63.3 Å². The molecule has 0 amide bonds. The Balaban J connectivity index is 0.000000107. The Morgan fingerprint density at radius 3 is 0.811 bits per heavy atom. The van der Waals surface area contributed by atoms with Gasteiger partial charge in [0, 0.05) is 0 Å². The Labute approximate surface area is 257 Å². The van der Waals surface area contributed by atoms with Gasteiger partial charge in [0.05, 0.1) is 64.9 Å². The standard InChI is InChI=1S/3C7H15N3P.2HI.H2O.Ru/c3*1-10-3-8-2-9(4-10)6-11(5-8)7-10;;;;/h3*2-7H2,1H3;2*1H;1H2;/q3*+1;;;;+2/p+2. The van der Waals surface area contributed by atoms with Gasteiger partial charge in [-0.1, -0.05) is 0 Å². The molecular weight excluding hydrogens is 842 g/mol. The molecule has 12 aliphatic heterocycles. The average Bonchev–Trinajstić information content (AvgIpc) is 2.70. The van der Waals surface area contributed by atoms with Crippen LogP contribution in [-0.2, 0) is 15.6 Å². The maximum absolute atomic E-state index is 2.64. The van der Waals surface area contributed by atoms with Crippen molar-refractivity contribution in [3.8, 4) is 0 Å². The largest absolute Gasteiger partial charge is 0.457 e. The van der Waals surface area contributed by atoms with Gasteiger partial charge >= 0.3 is 49.6 Å². The third kappa shape index (κ3) is 7.56. The Bertz CT molecular complexity index is 616. The van der Waals surface area contributed by atoms with Crippen LogP contribution in [0.15, 0.2) is 0 Å². The molecule has 0 aromatic rings. The predicted molar refractivity (Wildman–Crippen MR) is 175 cm³/mol. The first kappa shape index (κ1) is 31.4. The van der Waals surface area contributed by atoms with Crippen LogP contribution in [0.25, 0.3) is 0 Å². The van der Waals surface area contributed by atoms with Gasteiger partial charge in [-0.2, -0.15) is 0 Å². The zero-order chi connectivity index (χ0) is 25.1. The summed E-state index contributed by atoms with van der Waals surface area (Å²) in [5.41, 5.74) is 0. The van der Waals surface area contributed by atoms with E-state index in [4.69, 9.17) is 0 Å². The molecule has 12 fully saturated rings. The van der Waals surface area contributed by atoms with E-state index < -0.39 is 0 Å². The molecule has 216 valence electrons. The fraction of sp³-hybridized carbons (Fsp3) is 1.00. The average molecular weight is 894 g/mol. The molecule has 6 unspecified atom stereocenters. The van der Waals surface area contributed by atoms with Crippen molar-refractivity contribution in [3.63, 3.8) is 0 Å². The number of hydrogen-bond donors (Lipinski definition) is 0. The van der Waals surface area contributed by atoms with Crippen LogP contribution in [0.4, 0.5) is 0 Å². The summed E-state index contributed by atoms with van der Waals surface area (Å²) in [5, 5.41) is 0. The molecule has 0 spiro atoms. The molecule has 6 atom stereocenters. The van der Waals surface area contributed by atoms with Crippen LogP contribution in [0.3, 0.4) is 0 Å². The number of nitrogens with zero attached hydrogens (tertiary/aromatic N) is 9. The van der Waals surface area contributed by atoms with Gasteiger partial charge in [-0.3, -0.25) is 13.4 Å². The van der Waals surface area contributed by atoms with Crippen molar-refractivity contribution < 1.29 is 29.0 Å². The third-order valence-corrected chi connectivity index (χ3v) is 17.9. The van der Waals surface area contributed by atoms with E-state index in [0.717, 1.165) is 0 Å². The molecule has 3 N–H and O–H groups in total. The number of rotatable bonds is 0. The van der Waals surface area contributed by atoms with Crippen molar-refractivity contribution in [1.82, 2.24) is 29.4 Å². The fourth-order valence-electron chi connectivity index (χ4n) is 9.01. The van der Waals surface area contributed by atoms with Crippen molar-refractivity contribution in [2.75, 3.05) is 138 Å². The maximum atomic E-state index is 2.64. The molecule has 0 aliphatic carbocycles. The minimum absolute atomic E-state index is 0. The number of hydrogen-bond acceptors (Lipinski definition) is 6. The summed E-state index contributed by atoms with van der Waals surface area (Å²) in [4.78, 5) is 15.9. The van der Waals surface area contributed by atoms with Crippen LogP contribution in [-0.4, -0.2) is 181 Å². The van der Waals surface area contributed by atoms with E-state index in [0.29, 0.717) is 10.1 Å². The third-order valence-electron chi connectivity index (χ3n) is 8.95. The quantitative estimate of drug-likeness (QED) is 0.119. The second-order valence-electron chi connectivity index (χ2n) is 13.9. The first-order valence-electron chi connectivity index (χ1n) is 13.3. The van der Waals surface area contributed by atoms with Gasteiger partial charge in [-0.25, -0.2) is 29.4 Å². The number of quaternary nitrogens is 3. The van der Waals surface area contributed by atoms with Crippen LogP contribution in [0, 0.1) is 0 Å². The molecule has 37 heavy (non-hydrogen) atoms. The van der Waals surface area contributed by atoms with E-state index >= 15 is 0 Å². The topological polar surface area (TPSA) is 52.4 Å². The van der Waals surface area contributed by atoms with Gasteiger partial charge < -0.3 is 5.48 Å². The normalized spacial score (nSPS) is 54.4. The van der Waals surface area contributed by atoms with Crippen molar-refractivity contribution in [1.29, 1.82) is 0 Å². The van der Waals surface area contributed by atoms with E-state index in [-0.39, 0.29) is 29.2 Å². The molecule has 12 aliphatic rings. The molecular formula is C21H51I2N9OP3Ru+7. The zero-order valence-corrected chi connectivity index (χ0v) is 32.0. The van der Waals surface area contributed by atoms with Crippen molar-refractivity contribution in [3.05, 3.63) is 0 Å². The Morgan fingerprint density at radius 2 is 0.676 bits per heavy atom. The predicted octanol–water partition coefficient (Wildman–Crippen LogP) is 0.958. The second kappa shape index (κ2) is 12.5. The molecule has 0 aromatic heterocycles. The minimum Gasteiger partial charge on any atom is -0.457 e. The molecule has 0 radical (unpaired) electrons. The molecule has 0 aromatic carbocycles. The van der Waals surface area contributed by atoms with Gasteiger partial charge in [-0.05, 0) is 0 Å². The monoisotopic (exact) mass is 894 g/mol. The first-order chi connectivity index (χ1) is 17.1. The SMILES string of the molecule is C[N+]12CN3CN(C[PH+](C3)C1)C2.C[N+]12CN3CN(C[PH+](C3)C1)C2.C[N+]12CN3CN(C[PH+](C3)C1)C2.[I][Ru][I].[OH3+]. The summed E-state index contributed by atoms with van der Waals surface area (Å²) in [7, 11) is 7.96.